The Morgan fingerprint density at radius 2 is 1.61 bits per heavy atom. The highest BCUT2D eigenvalue weighted by atomic mass is 32.2. The molecule has 1 saturated carbocycles. The third-order valence-corrected chi connectivity index (χ3v) is 13.0. The molecular weight excluding hydrogens is 595 g/mol. The van der Waals surface area contributed by atoms with Gasteiger partial charge >= 0.3 is 6.03 Å². The number of carbonyl (C=O) groups excluding carboxylic acids is 1. The van der Waals surface area contributed by atoms with E-state index in [-0.39, 0.29) is 28.7 Å². The van der Waals surface area contributed by atoms with E-state index in [1.165, 1.54) is 22.3 Å². The lowest BCUT2D eigenvalue weighted by molar-refractivity contribution is 0.245. The molecule has 2 amide bonds. The number of benzene rings is 3. The fourth-order valence-electron chi connectivity index (χ4n) is 7.00. The van der Waals surface area contributed by atoms with Gasteiger partial charge in [0.1, 0.15) is 0 Å². The molecule has 1 spiro atoms. The summed E-state index contributed by atoms with van der Waals surface area (Å²) in [5.74, 6) is 0.495. The first-order valence-electron chi connectivity index (χ1n) is 15.5. The molecule has 0 bridgehead atoms. The summed E-state index contributed by atoms with van der Waals surface area (Å²) in [5.41, 5.74) is 7.65. The summed E-state index contributed by atoms with van der Waals surface area (Å²) < 4.78 is 48.0. The van der Waals surface area contributed by atoms with Crippen molar-refractivity contribution in [2.24, 2.45) is 0 Å². The zero-order valence-corrected chi connectivity index (χ0v) is 27.1. The van der Waals surface area contributed by atoms with E-state index >= 15 is 0 Å². The van der Waals surface area contributed by atoms with Crippen LogP contribution >= 0.6 is 0 Å². The van der Waals surface area contributed by atoms with Crippen LogP contribution in [0.15, 0.2) is 65.6 Å². The van der Waals surface area contributed by atoms with Crippen LogP contribution in [0.4, 0.5) is 10.5 Å². The van der Waals surface area contributed by atoms with E-state index in [0.717, 1.165) is 49.0 Å². The largest absolute Gasteiger partial charge is 0.334 e. The summed E-state index contributed by atoms with van der Waals surface area (Å²) in [6, 6.07) is 19.6. The molecule has 0 unspecified atom stereocenters. The second kappa shape index (κ2) is 11.9. The van der Waals surface area contributed by atoms with Crippen LogP contribution < -0.4 is 10.2 Å². The number of aryl methyl sites for hydroxylation is 1. The number of amides is 2. The molecule has 2 heterocycles. The van der Waals surface area contributed by atoms with Gasteiger partial charge in [-0.1, -0.05) is 50.1 Å². The van der Waals surface area contributed by atoms with Gasteiger partial charge in [-0.05, 0) is 83.5 Å². The van der Waals surface area contributed by atoms with Crippen molar-refractivity contribution < 1.29 is 21.6 Å². The van der Waals surface area contributed by atoms with Gasteiger partial charge in [0, 0.05) is 43.8 Å². The molecule has 3 aromatic rings. The zero-order chi connectivity index (χ0) is 31.1. The number of nitrogens with zero attached hydrogens (tertiary/aromatic N) is 2. The minimum Gasteiger partial charge on any atom is -0.334 e. The van der Waals surface area contributed by atoms with Crippen LogP contribution in [0.3, 0.4) is 0 Å². The number of nitrogens with one attached hydrogen (secondary N) is 1. The molecule has 0 aromatic heterocycles. The van der Waals surface area contributed by atoms with Crippen molar-refractivity contribution in [1.29, 1.82) is 0 Å². The van der Waals surface area contributed by atoms with Crippen molar-refractivity contribution >= 4 is 31.4 Å². The molecule has 0 radical (unpaired) electrons. The number of urea groups is 1. The average molecular weight is 636 g/mol. The second-order valence-electron chi connectivity index (χ2n) is 12.6. The Kier molecular flexibility index (Phi) is 8.36. The Morgan fingerprint density at radius 1 is 0.932 bits per heavy atom. The van der Waals surface area contributed by atoms with E-state index < -0.39 is 19.7 Å². The third-order valence-electron chi connectivity index (χ3n) is 9.69. The fourth-order valence-corrected chi connectivity index (χ4v) is 9.16. The van der Waals surface area contributed by atoms with Gasteiger partial charge in [0.05, 0.1) is 22.2 Å². The van der Waals surface area contributed by atoms with Gasteiger partial charge in [0.2, 0.25) is 0 Å². The second-order valence-corrected chi connectivity index (χ2v) is 17.2. The van der Waals surface area contributed by atoms with Crippen LogP contribution in [0.5, 0.6) is 0 Å². The molecule has 1 N–H and O–H groups in total. The maximum Gasteiger partial charge on any atom is 0.322 e. The molecule has 3 aliphatic rings. The standard InChI is InChI=1S/C34H41N3O5S2/c1-3-44(41,42)29-11-8-26(9-12-29)22-35-33(38)37-24-34(14-4-5-15-34)31-21-28(10-13-32(31)37)30-20-27(7-6-25(30)2)23-36-16-18-43(39,40)19-17-36/h6-13,20-21H,3-5,14-19,22-24H2,1-2H3,(H,35,38). The van der Waals surface area contributed by atoms with E-state index in [1.54, 1.807) is 31.2 Å². The SMILES string of the molecule is CCS(=O)(=O)c1ccc(CNC(=O)N2CC3(CCCC3)c3cc(-c4cc(CN5CCS(=O)(=O)CC5)ccc4C)ccc32)cc1. The van der Waals surface area contributed by atoms with Crippen molar-refractivity contribution in [3.63, 3.8) is 0 Å². The van der Waals surface area contributed by atoms with E-state index in [2.05, 4.69) is 53.5 Å². The maximum absolute atomic E-state index is 13.6. The molecule has 8 nitrogen and oxygen atoms in total. The summed E-state index contributed by atoms with van der Waals surface area (Å²) in [6.45, 7) is 6.58. The molecule has 44 heavy (non-hydrogen) atoms. The van der Waals surface area contributed by atoms with Gasteiger partial charge in [-0.3, -0.25) is 9.80 Å². The lowest BCUT2D eigenvalue weighted by Gasteiger charge is -2.27. The summed E-state index contributed by atoms with van der Waals surface area (Å²) in [7, 11) is -6.18. The van der Waals surface area contributed by atoms with E-state index in [1.807, 2.05) is 4.90 Å². The van der Waals surface area contributed by atoms with Gasteiger partial charge in [0.15, 0.2) is 19.7 Å². The van der Waals surface area contributed by atoms with Crippen LogP contribution in [-0.4, -0.2) is 64.7 Å². The van der Waals surface area contributed by atoms with Gasteiger partial charge in [-0.2, -0.15) is 0 Å². The van der Waals surface area contributed by atoms with Crippen LogP contribution in [0.1, 0.15) is 54.9 Å². The van der Waals surface area contributed by atoms with Gasteiger partial charge in [-0.15, -0.1) is 0 Å². The summed E-state index contributed by atoms with van der Waals surface area (Å²) >= 11 is 0. The number of hydrogen-bond acceptors (Lipinski definition) is 6. The summed E-state index contributed by atoms with van der Waals surface area (Å²) in [5, 5.41) is 3.06. The molecule has 1 aliphatic carbocycles. The average Bonchev–Trinajstić information content (AvgIpc) is 3.63. The molecule has 0 atom stereocenters. The molecule has 3 aromatic carbocycles. The molecule has 6 rings (SSSR count). The smallest absolute Gasteiger partial charge is 0.322 e. The third kappa shape index (κ3) is 6.17. The van der Waals surface area contributed by atoms with Crippen molar-refractivity contribution in [3.05, 3.63) is 82.9 Å². The number of rotatable bonds is 7. The number of fused-ring (bicyclic) bond motifs is 2. The van der Waals surface area contributed by atoms with Gasteiger partial charge in [-0.25, -0.2) is 21.6 Å². The molecular formula is C34H41N3O5S2. The van der Waals surface area contributed by atoms with Crippen molar-refractivity contribution in [2.75, 3.05) is 41.8 Å². The number of hydrogen-bond donors (Lipinski definition) is 1. The van der Waals surface area contributed by atoms with Crippen molar-refractivity contribution in [2.45, 2.75) is 62.9 Å². The lowest BCUT2D eigenvalue weighted by atomic mass is 9.79. The first-order valence-corrected chi connectivity index (χ1v) is 19.0. The minimum absolute atomic E-state index is 0.0519. The first kappa shape index (κ1) is 30.8. The lowest BCUT2D eigenvalue weighted by Crippen LogP contribution is -2.41. The van der Waals surface area contributed by atoms with Crippen LogP contribution in [0.25, 0.3) is 11.1 Å². The summed E-state index contributed by atoms with van der Waals surface area (Å²) in [4.78, 5) is 17.9. The Morgan fingerprint density at radius 3 is 2.30 bits per heavy atom. The quantitative estimate of drug-likeness (QED) is 0.382. The monoisotopic (exact) mass is 635 g/mol. The van der Waals surface area contributed by atoms with E-state index in [0.29, 0.717) is 31.1 Å². The Bertz CT molecular complexity index is 1770. The number of carbonyl (C=O) groups is 1. The molecule has 2 fully saturated rings. The van der Waals surface area contributed by atoms with Crippen LogP contribution in [0.2, 0.25) is 0 Å². The molecule has 2 aliphatic heterocycles. The highest BCUT2D eigenvalue weighted by Gasteiger charge is 2.46. The van der Waals surface area contributed by atoms with Crippen molar-refractivity contribution in [3.8, 4) is 11.1 Å². The Balaban J connectivity index is 1.22. The zero-order valence-electron chi connectivity index (χ0n) is 25.5. The van der Waals surface area contributed by atoms with Crippen LogP contribution in [-0.2, 0) is 38.2 Å². The molecule has 1 saturated heterocycles. The molecule has 234 valence electrons. The topological polar surface area (TPSA) is 104 Å². The number of anilines is 1. The van der Waals surface area contributed by atoms with E-state index in [9.17, 15) is 21.6 Å². The highest BCUT2D eigenvalue weighted by molar-refractivity contribution is 7.91. The first-order chi connectivity index (χ1) is 21.0. The normalized spacial score (nSPS) is 19.3. The Hall–Kier alpha value is -3.21. The van der Waals surface area contributed by atoms with Crippen LogP contribution in [0, 0.1) is 6.92 Å². The highest BCUT2D eigenvalue weighted by Crippen LogP contribution is 2.51. The van der Waals surface area contributed by atoms with Gasteiger partial charge < -0.3 is 5.32 Å². The van der Waals surface area contributed by atoms with E-state index in [4.69, 9.17) is 0 Å². The molecule has 10 heteroatoms. The predicted molar refractivity (Wildman–Crippen MR) is 174 cm³/mol. The number of sulfone groups is 2. The fraction of sp³-hybridized carbons (Fsp3) is 0.441. The predicted octanol–water partition coefficient (Wildman–Crippen LogP) is 5.23. The summed E-state index contributed by atoms with van der Waals surface area (Å²) in [6.07, 6.45) is 4.40. The van der Waals surface area contributed by atoms with Crippen molar-refractivity contribution in [1.82, 2.24) is 10.2 Å². The minimum atomic E-state index is -3.26. The van der Waals surface area contributed by atoms with Gasteiger partial charge in [0.25, 0.3) is 0 Å². The Labute approximate surface area is 261 Å². The maximum atomic E-state index is 13.6.